The van der Waals surface area contributed by atoms with Gasteiger partial charge in [-0.15, -0.1) is 0 Å². The summed E-state index contributed by atoms with van der Waals surface area (Å²) in [6.07, 6.45) is 5.12. The summed E-state index contributed by atoms with van der Waals surface area (Å²) in [6, 6.07) is 11.5. The predicted octanol–water partition coefficient (Wildman–Crippen LogP) is 4.52. The Bertz CT molecular complexity index is 310. The molecule has 0 spiro atoms. The molecule has 0 unspecified atom stereocenters. The lowest BCUT2D eigenvalue weighted by atomic mass is 9.84. The first-order valence-corrected chi connectivity index (χ1v) is 7.39. The maximum absolute atomic E-state index is 3.76. The van der Waals surface area contributed by atoms with Crippen molar-refractivity contribution in [3.63, 3.8) is 0 Å². The minimum absolute atomic E-state index is 0.209. The van der Waals surface area contributed by atoms with E-state index in [0.717, 1.165) is 6.54 Å². The Morgan fingerprint density at radius 3 is 2.06 bits per heavy atom. The molecule has 1 nitrogen and oxygen atoms in total. The molecule has 1 heteroatoms. The fourth-order valence-electron chi connectivity index (χ4n) is 2.44. The fraction of sp³-hybridized carbons (Fsp3) is 0.647. The Morgan fingerprint density at radius 1 is 1.00 bits per heavy atom. The number of benzene rings is 1. The molecule has 18 heavy (non-hydrogen) atoms. The molecule has 0 saturated heterocycles. The zero-order valence-corrected chi connectivity index (χ0v) is 12.5. The monoisotopic (exact) mass is 247 g/mol. The van der Waals surface area contributed by atoms with E-state index in [9.17, 15) is 0 Å². The molecule has 1 aromatic carbocycles. The molecular weight excluding hydrogens is 218 g/mol. The van der Waals surface area contributed by atoms with Gasteiger partial charge < -0.3 is 5.32 Å². The lowest BCUT2D eigenvalue weighted by molar-refractivity contribution is 0.383. The number of hydrogen-bond acceptors (Lipinski definition) is 1. The summed E-state index contributed by atoms with van der Waals surface area (Å²) >= 11 is 0. The second-order valence-electron chi connectivity index (χ2n) is 5.91. The second kappa shape index (κ2) is 7.58. The van der Waals surface area contributed by atoms with Gasteiger partial charge in [-0.1, -0.05) is 70.9 Å². The third kappa shape index (κ3) is 4.81. The predicted molar refractivity (Wildman–Crippen MR) is 81.1 cm³/mol. The van der Waals surface area contributed by atoms with E-state index in [-0.39, 0.29) is 5.41 Å². The van der Waals surface area contributed by atoms with E-state index in [1.807, 2.05) is 0 Å². The summed E-state index contributed by atoms with van der Waals surface area (Å²) in [7, 11) is 0. The standard InChI is InChI=1S/C17H29N/c1-5-10-16(11-6-2)18-14-17(3,4)15-12-8-7-9-13-15/h7-9,12-13,16,18H,5-6,10-11,14H2,1-4H3. The minimum atomic E-state index is 0.209. The molecule has 0 aromatic heterocycles. The molecule has 0 atom stereocenters. The van der Waals surface area contributed by atoms with Crippen molar-refractivity contribution in [3.05, 3.63) is 35.9 Å². The van der Waals surface area contributed by atoms with E-state index in [2.05, 4.69) is 63.3 Å². The fourth-order valence-corrected chi connectivity index (χ4v) is 2.44. The molecule has 0 aliphatic rings. The quantitative estimate of drug-likeness (QED) is 0.712. The first-order chi connectivity index (χ1) is 8.60. The van der Waals surface area contributed by atoms with E-state index >= 15 is 0 Å². The van der Waals surface area contributed by atoms with Crippen molar-refractivity contribution in [1.29, 1.82) is 0 Å². The highest BCUT2D eigenvalue weighted by Gasteiger charge is 2.21. The smallest absolute Gasteiger partial charge is 0.00672 e. The van der Waals surface area contributed by atoms with Crippen molar-refractivity contribution in [1.82, 2.24) is 5.32 Å². The van der Waals surface area contributed by atoms with E-state index in [1.54, 1.807) is 0 Å². The zero-order chi connectivity index (χ0) is 13.4. The number of hydrogen-bond donors (Lipinski definition) is 1. The average Bonchev–Trinajstić information content (AvgIpc) is 2.38. The molecule has 0 aliphatic carbocycles. The van der Waals surface area contributed by atoms with Crippen LogP contribution in [-0.2, 0) is 5.41 Å². The maximum atomic E-state index is 3.76. The van der Waals surface area contributed by atoms with Crippen molar-refractivity contribution >= 4 is 0 Å². The second-order valence-corrected chi connectivity index (χ2v) is 5.91. The van der Waals surface area contributed by atoms with Gasteiger partial charge in [0.05, 0.1) is 0 Å². The zero-order valence-electron chi connectivity index (χ0n) is 12.5. The first kappa shape index (κ1) is 15.2. The van der Waals surface area contributed by atoms with Crippen LogP contribution >= 0.6 is 0 Å². The lowest BCUT2D eigenvalue weighted by Crippen LogP contribution is -2.39. The maximum Gasteiger partial charge on any atom is 0.00672 e. The van der Waals surface area contributed by atoms with Gasteiger partial charge in [0.25, 0.3) is 0 Å². The van der Waals surface area contributed by atoms with Crippen LogP contribution in [0.1, 0.15) is 58.9 Å². The highest BCUT2D eigenvalue weighted by atomic mass is 14.9. The van der Waals surface area contributed by atoms with Crippen LogP contribution in [0.2, 0.25) is 0 Å². The molecule has 1 N–H and O–H groups in total. The van der Waals surface area contributed by atoms with Crippen LogP contribution < -0.4 is 5.32 Å². The van der Waals surface area contributed by atoms with Crippen molar-refractivity contribution in [2.45, 2.75) is 64.8 Å². The number of rotatable bonds is 8. The van der Waals surface area contributed by atoms with Crippen molar-refractivity contribution in [2.75, 3.05) is 6.54 Å². The summed E-state index contributed by atoms with van der Waals surface area (Å²) in [4.78, 5) is 0. The van der Waals surface area contributed by atoms with Crippen LogP contribution in [0.4, 0.5) is 0 Å². The van der Waals surface area contributed by atoms with Crippen LogP contribution in [0.15, 0.2) is 30.3 Å². The normalized spacial score (nSPS) is 12.1. The molecule has 0 radical (unpaired) electrons. The van der Waals surface area contributed by atoms with E-state index in [1.165, 1.54) is 31.2 Å². The number of nitrogens with one attached hydrogen (secondary N) is 1. The average molecular weight is 247 g/mol. The molecule has 0 amide bonds. The first-order valence-electron chi connectivity index (χ1n) is 7.39. The van der Waals surface area contributed by atoms with Crippen LogP contribution in [0.5, 0.6) is 0 Å². The highest BCUT2D eigenvalue weighted by Crippen LogP contribution is 2.22. The van der Waals surface area contributed by atoms with Gasteiger partial charge in [0.15, 0.2) is 0 Å². The van der Waals surface area contributed by atoms with Crippen LogP contribution in [-0.4, -0.2) is 12.6 Å². The van der Waals surface area contributed by atoms with Gasteiger partial charge in [-0.05, 0) is 18.4 Å². The van der Waals surface area contributed by atoms with E-state index < -0.39 is 0 Å². The largest absolute Gasteiger partial charge is 0.313 e. The van der Waals surface area contributed by atoms with Crippen LogP contribution in [0.25, 0.3) is 0 Å². The molecule has 0 bridgehead atoms. The molecule has 0 heterocycles. The Hall–Kier alpha value is -0.820. The van der Waals surface area contributed by atoms with E-state index in [0.29, 0.717) is 6.04 Å². The summed E-state index contributed by atoms with van der Waals surface area (Å²) < 4.78 is 0. The molecule has 0 saturated carbocycles. The lowest BCUT2D eigenvalue weighted by Gasteiger charge is -2.29. The van der Waals surface area contributed by atoms with Gasteiger partial charge >= 0.3 is 0 Å². The Labute approximate surface area is 113 Å². The third-order valence-corrected chi connectivity index (χ3v) is 3.66. The molecule has 0 fully saturated rings. The minimum Gasteiger partial charge on any atom is -0.313 e. The Morgan fingerprint density at radius 2 is 1.56 bits per heavy atom. The van der Waals surface area contributed by atoms with Crippen molar-refractivity contribution in [2.24, 2.45) is 0 Å². The van der Waals surface area contributed by atoms with Gasteiger partial charge in [-0.2, -0.15) is 0 Å². The van der Waals surface area contributed by atoms with Crippen LogP contribution in [0, 0.1) is 0 Å². The van der Waals surface area contributed by atoms with E-state index in [4.69, 9.17) is 0 Å². The Kier molecular flexibility index (Phi) is 6.42. The molecule has 102 valence electrons. The molecule has 0 aliphatic heterocycles. The van der Waals surface area contributed by atoms with Crippen molar-refractivity contribution < 1.29 is 0 Å². The van der Waals surface area contributed by atoms with Crippen LogP contribution in [0.3, 0.4) is 0 Å². The SMILES string of the molecule is CCCC(CCC)NCC(C)(C)c1ccccc1. The molecule has 1 aromatic rings. The van der Waals surface area contributed by atoms with Gasteiger partial charge in [0.1, 0.15) is 0 Å². The molecule has 1 rings (SSSR count). The third-order valence-electron chi connectivity index (χ3n) is 3.66. The topological polar surface area (TPSA) is 12.0 Å². The van der Waals surface area contributed by atoms with Crippen molar-refractivity contribution in [3.8, 4) is 0 Å². The summed E-state index contributed by atoms with van der Waals surface area (Å²) in [6.45, 7) is 10.2. The van der Waals surface area contributed by atoms with Gasteiger partial charge in [0, 0.05) is 18.0 Å². The van der Waals surface area contributed by atoms with Gasteiger partial charge in [-0.3, -0.25) is 0 Å². The van der Waals surface area contributed by atoms with Gasteiger partial charge in [0.2, 0.25) is 0 Å². The van der Waals surface area contributed by atoms with Gasteiger partial charge in [-0.25, -0.2) is 0 Å². The summed E-state index contributed by atoms with van der Waals surface area (Å²) in [5, 5.41) is 3.76. The summed E-state index contributed by atoms with van der Waals surface area (Å²) in [5.41, 5.74) is 1.63. The highest BCUT2D eigenvalue weighted by molar-refractivity contribution is 5.23. The molecular formula is C17H29N. The Balaban J connectivity index is 2.54. The summed E-state index contributed by atoms with van der Waals surface area (Å²) in [5.74, 6) is 0.